The van der Waals surface area contributed by atoms with Crippen molar-refractivity contribution in [1.29, 1.82) is 0 Å². The summed E-state index contributed by atoms with van der Waals surface area (Å²) in [5.74, 6) is -2.11. The molecule has 0 unspecified atom stereocenters. The van der Waals surface area contributed by atoms with Crippen molar-refractivity contribution in [2.75, 3.05) is 0 Å². The van der Waals surface area contributed by atoms with E-state index in [-0.39, 0.29) is 5.69 Å². The number of hydrogen-bond acceptors (Lipinski definition) is 3. The molecule has 0 spiro atoms. The zero-order chi connectivity index (χ0) is 22.9. The Labute approximate surface area is 185 Å². The van der Waals surface area contributed by atoms with Crippen molar-refractivity contribution in [2.45, 2.75) is 32.6 Å². The number of hydrogen-bond donors (Lipinski definition) is 1. The first kappa shape index (κ1) is 22.9. The summed E-state index contributed by atoms with van der Waals surface area (Å²) < 4.78 is 41.3. The van der Waals surface area contributed by atoms with E-state index in [1.807, 2.05) is 6.92 Å². The van der Waals surface area contributed by atoms with Gasteiger partial charge in [0.15, 0.2) is 0 Å². The fraction of sp³-hybridized carbons (Fsp3) is 0.250. The van der Waals surface area contributed by atoms with Crippen LogP contribution in [0.2, 0.25) is 10.0 Å². The van der Waals surface area contributed by atoms with E-state index in [1.54, 1.807) is 25.1 Å². The molecule has 1 amide bonds. The van der Waals surface area contributed by atoms with E-state index in [0.717, 1.165) is 11.1 Å². The highest BCUT2D eigenvalue weighted by Gasteiger charge is 2.39. The van der Waals surface area contributed by atoms with E-state index in [4.69, 9.17) is 23.2 Å². The summed E-state index contributed by atoms with van der Waals surface area (Å²) in [4.78, 5) is 25.0. The van der Waals surface area contributed by atoms with Crippen molar-refractivity contribution < 1.29 is 18.0 Å². The Morgan fingerprint density at radius 3 is 2.39 bits per heavy atom. The van der Waals surface area contributed by atoms with E-state index in [0.29, 0.717) is 19.3 Å². The van der Waals surface area contributed by atoms with Gasteiger partial charge in [-0.2, -0.15) is 13.2 Å². The van der Waals surface area contributed by atoms with Crippen LogP contribution in [0.4, 0.5) is 13.2 Å². The number of benzene rings is 2. The van der Waals surface area contributed by atoms with Crippen LogP contribution in [-0.2, 0) is 17.5 Å². The highest BCUT2D eigenvalue weighted by atomic mass is 35.5. The topological polar surface area (TPSA) is 68.9 Å². The Balaban J connectivity index is 1.87. The molecule has 1 N–H and O–H groups in total. The van der Waals surface area contributed by atoms with Gasteiger partial charge in [-0.05, 0) is 55.3 Å². The first-order valence-corrected chi connectivity index (χ1v) is 9.81. The molecule has 0 saturated heterocycles. The largest absolute Gasteiger partial charge is 0.452 e. The molecule has 6 nitrogen and oxygen atoms in total. The molecule has 1 aromatic heterocycles. The summed E-state index contributed by atoms with van der Waals surface area (Å²) in [5.41, 5.74) is 0.400. The van der Waals surface area contributed by atoms with E-state index >= 15 is 0 Å². The lowest BCUT2D eigenvalue weighted by Crippen LogP contribution is -2.34. The first-order valence-electron chi connectivity index (χ1n) is 9.06. The van der Waals surface area contributed by atoms with Crippen LogP contribution < -0.4 is 11.0 Å². The average Bonchev–Trinajstić information content (AvgIpc) is 3.01. The minimum atomic E-state index is -4.91. The second-order valence-electron chi connectivity index (χ2n) is 6.87. The molecule has 3 aromatic rings. The van der Waals surface area contributed by atoms with Gasteiger partial charge in [-0.1, -0.05) is 35.3 Å². The van der Waals surface area contributed by atoms with Gasteiger partial charge < -0.3 is 5.32 Å². The predicted octanol–water partition coefficient (Wildman–Crippen LogP) is 4.55. The fourth-order valence-electron chi connectivity index (χ4n) is 2.96. The van der Waals surface area contributed by atoms with E-state index in [2.05, 4.69) is 10.4 Å². The smallest absolute Gasteiger partial charge is 0.348 e. The molecular weight excluding hydrogens is 456 g/mol. The molecule has 0 bridgehead atoms. The average molecular weight is 473 g/mol. The molecule has 31 heavy (non-hydrogen) atoms. The third-order valence-electron chi connectivity index (χ3n) is 4.53. The molecule has 0 aliphatic rings. The quantitative estimate of drug-likeness (QED) is 0.592. The predicted molar refractivity (Wildman–Crippen MR) is 111 cm³/mol. The minimum absolute atomic E-state index is 0.0709. The van der Waals surface area contributed by atoms with Crippen molar-refractivity contribution in [2.24, 2.45) is 0 Å². The summed E-state index contributed by atoms with van der Waals surface area (Å²) in [6, 6.07) is 9.96. The molecule has 1 atom stereocenters. The molecule has 0 radical (unpaired) electrons. The number of carbonyl (C=O) groups excluding carboxylic acids is 1. The van der Waals surface area contributed by atoms with Crippen LogP contribution in [0.1, 0.15) is 29.9 Å². The number of nitrogens with one attached hydrogen (secondary N) is 1. The maximum atomic E-state index is 13.5. The normalized spacial score (nSPS) is 12.6. The van der Waals surface area contributed by atoms with Crippen LogP contribution in [0.25, 0.3) is 5.69 Å². The van der Waals surface area contributed by atoms with Crippen molar-refractivity contribution >= 4 is 29.1 Å². The molecular formula is C20H17Cl2F3N4O2. The SMILES string of the molecule is Cc1cc([C@H](C)NC(=O)Cn2nc(C(F)(F)F)n(-c3ccc(Cl)cc3)c2=O)ccc1Cl. The van der Waals surface area contributed by atoms with Crippen LogP contribution >= 0.6 is 23.2 Å². The number of rotatable bonds is 5. The van der Waals surface area contributed by atoms with Gasteiger partial charge in [0.25, 0.3) is 0 Å². The lowest BCUT2D eigenvalue weighted by atomic mass is 10.1. The molecule has 1 heterocycles. The fourth-order valence-corrected chi connectivity index (χ4v) is 3.20. The number of amides is 1. The van der Waals surface area contributed by atoms with Crippen molar-refractivity contribution in [3.8, 4) is 5.69 Å². The lowest BCUT2D eigenvalue weighted by Gasteiger charge is -2.15. The number of aryl methyl sites for hydroxylation is 1. The Bertz CT molecular complexity index is 1170. The van der Waals surface area contributed by atoms with Gasteiger partial charge in [0.2, 0.25) is 11.7 Å². The molecule has 0 saturated carbocycles. The van der Waals surface area contributed by atoms with Gasteiger partial charge in [0.1, 0.15) is 6.54 Å². The molecule has 11 heteroatoms. The van der Waals surface area contributed by atoms with Crippen LogP contribution in [0.15, 0.2) is 47.3 Å². The van der Waals surface area contributed by atoms with Crippen LogP contribution in [0, 0.1) is 6.92 Å². The van der Waals surface area contributed by atoms with Gasteiger partial charge in [0.05, 0.1) is 11.7 Å². The Kier molecular flexibility index (Phi) is 6.47. The van der Waals surface area contributed by atoms with E-state index < -0.39 is 36.2 Å². The number of alkyl halides is 3. The Morgan fingerprint density at radius 2 is 1.81 bits per heavy atom. The van der Waals surface area contributed by atoms with Gasteiger partial charge in [-0.25, -0.2) is 14.0 Å². The highest BCUT2D eigenvalue weighted by Crippen LogP contribution is 2.28. The van der Waals surface area contributed by atoms with Crippen molar-refractivity contribution in [3.63, 3.8) is 0 Å². The number of aromatic nitrogens is 3. The van der Waals surface area contributed by atoms with Crippen molar-refractivity contribution in [1.82, 2.24) is 19.7 Å². The molecule has 164 valence electrons. The second-order valence-corrected chi connectivity index (χ2v) is 7.71. The summed E-state index contributed by atoms with van der Waals surface area (Å²) in [5, 5.41) is 6.87. The third-order valence-corrected chi connectivity index (χ3v) is 5.21. The van der Waals surface area contributed by atoms with Gasteiger partial charge in [0, 0.05) is 10.0 Å². The molecule has 0 aliphatic heterocycles. The summed E-state index contributed by atoms with van der Waals surface area (Å²) in [6.45, 7) is 2.83. The van der Waals surface area contributed by atoms with Crippen molar-refractivity contribution in [3.05, 3.63) is 79.9 Å². The van der Waals surface area contributed by atoms with E-state index in [1.165, 1.54) is 24.3 Å². The lowest BCUT2D eigenvalue weighted by molar-refractivity contribution is -0.146. The van der Waals surface area contributed by atoms with Gasteiger partial charge >= 0.3 is 11.9 Å². The van der Waals surface area contributed by atoms with Gasteiger partial charge in [-0.15, -0.1) is 5.10 Å². The Hall–Kier alpha value is -2.78. The molecule has 0 aliphatic carbocycles. The van der Waals surface area contributed by atoms with Crippen LogP contribution in [0.3, 0.4) is 0 Å². The highest BCUT2D eigenvalue weighted by molar-refractivity contribution is 6.31. The number of nitrogens with zero attached hydrogens (tertiary/aromatic N) is 3. The first-order chi connectivity index (χ1) is 14.5. The summed E-state index contributed by atoms with van der Waals surface area (Å²) in [6.07, 6.45) is -4.91. The van der Waals surface area contributed by atoms with Gasteiger partial charge in [-0.3, -0.25) is 4.79 Å². The monoisotopic (exact) mass is 472 g/mol. The summed E-state index contributed by atoms with van der Waals surface area (Å²) >= 11 is 11.8. The minimum Gasteiger partial charge on any atom is -0.348 e. The second kappa shape index (κ2) is 8.76. The zero-order valence-corrected chi connectivity index (χ0v) is 17.9. The maximum absolute atomic E-state index is 13.5. The Morgan fingerprint density at radius 1 is 1.16 bits per heavy atom. The van der Waals surface area contributed by atoms with Crippen LogP contribution in [-0.4, -0.2) is 20.3 Å². The molecule has 2 aromatic carbocycles. The van der Waals surface area contributed by atoms with Crippen LogP contribution in [0.5, 0.6) is 0 Å². The third kappa shape index (κ3) is 5.11. The molecule has 0 fully saturated rings. The zero-order valence-electron chi connectivity index (χ0n) is 16.4. The maximum Gasteiger partial charge on any atom is 0.452 e. The number of carbonyl (C=O) groups is 1. The summed E-state index contributed by atoms with van der Waals surface area (Å²) in [7, 11) is 0. The van der Waals surface area contributed by atoms with E-state index in [9.17, 15) is 22.8 Å². The standard InChI is InChI=1S/C20H17Cl2F3N4O2/c1-11-9-13(3-8-16(11)22)12(2)26-17(30)10-28-19(31)29(18(27-28)20(23,24)25)15-6-4-14(21)5-7-15/h3-9,12H,10H2,1-2H3,(H,26,30)/t12-/m0/s1. The number of halogens is 5. The molecule has 3 rings (SSSR count).